The average molecular weight is 380 g/mol. The molecular weight excluding hydrogens is 356 g/mol. The van der Waals surface area contributed by atoms with Crippen LogP contribution in [0.1, 0.15) is 19.4 Å². The predicted octanol–water partition coefficient (Wildman–Crippen LogP) is 1.33. The van der Waals surface area contributed by atoms with E-state index < -0.39 is 16.0 Å². The van der Waals surface area contributed by atoms with Gasteiger partial charge in [-0.15, -0.1) is 0 Å². The van der Waals surface area contributed by atoms with E-state index in [9.17, 15) is 18.0 Å². The van der Waals surface area contributed by atoms with E-state index in [2.05, 4.69) is 0 Å². The molecule has 1 aliphatic rings. The molecule has 1 aromatic rings. The molecule has 26 heavy (non-hydrogen) atoms. The molecule has 0 atom stereocenters. The van der Waals surface area contributed by atoms with Crippen LogP contribution in [0.25, 0.3) is 6.08 Å². The van der Waals surface area contributed by atoms with Crippen molar-refractivity contribution in [2.24, 2.45) is 5.92 Å². The lowest BCUT2D eigenvalue weighted by Crippen LogP contribution is -2.51. The maximum Gasteiger partial charge on any atom is 0.308 e. The molecule has 1 aliphatic heterocycles. The molecule has 1 fully saturated rings. The highest BCUT2D eigenvalue weighted by Crippen LogP contribution is 2.12. The highest BCUT2D eigenvalue weighted by molar-refractivity contribution is 7.92. The molecule has 0 spiro atoms. The van der Waals surface area contributed by atoms with Gasteiger partial charge in [-0.3, -0.25) is 9.59 Å². The molecule has 0 bridgehead atoms. The first-order chi connectivity index (χ1) is 12.3. The summed E-state index contributed by atoms with van der Waals surface area (Å²) >= 11 is 0. The van der Waals surface area contributed by atoms with Gasteiger partial charge in [-0.25, -0.2) is 8.42 Å². The lowest BCUT2D eigenvalue weighted by atomic mass is 10.2. The van der Waals surface area contributed by atoms with Crippen molar-refractivity contribution in [3.63, 3.8) is 0 Å². The summed E-state index contributed by atoms with van der Waals surface area (Å²) in [5.74, 6) is -1.03. The predicted molar refractivity (Wildman–Crippen MR) is 98.3 cm³/mol. The maximum absolute atomic E-state index is 12.4. The third-order valence-electron chi connectivity index (χ3n) is 3.99. The van der Waals surface area contributed by atoms with E-state index in [-0.39, 0.29) is 44.6 Å². The van der Waals surface area contributed by atoms with Crippen LogP contribution in [0, 0.1) is 5.92 Å². The molecule has 142 valence electrons. The first kappa shape index (κ1) is 20.1. The molecular formula is C18H24N2O5S. The number of benzene rings is 1. The molecule has 0 radical (unpaired) electrons. The topological polar surface area (TPSA) is 84.0 Å². The number of carbonyl (C=O) groups excluding carboxylic acids is 2. The summed E-state index contributed by atoms with van der Waals surface area (Å²) in [6, 6.07) is 9.17. The Hall–Kier alpha value is -2.19. The van der Waals surface area contributed by atoms with Crippen LogP contribution in [0.15, 0.2) is 35.7 Å². The summed E-state index contributed by atoms with van der Waals surface area (Å²) in [6.45, 7) is 4.06. The molecule has 7 nitrogen and oxygen atoms in total. The standard InChI is InChI=1S/C18H24N2O5S/c1-15(2)18(22)25-14-17(21)19-9-11-20(12-10-19)26(23,24)13-8-16-6-4-3-5-7-16/h3-8,13,15H,9-12,14H2,1-2H3/b13-8+. The van der Waals surface area contributed by atoms with Crippen LogP contribution in [-0.4, -0.2) is 62.3 Å². The fraction of sp³-hybridized carbons (Fsp3) is 0.444. The molecule has 1 heterocycles. The number of rotatable bonds is 6. The first-order valence-corrected chi connectivity index (χ1v) is 9.97. The van der Waals surface area contributed by atoms with Crippen LogP contribution < -0.4 is 0 Å². The smallest absolute Gasteiger partial charge is 0.308 e. The Kier molecular flexibility index (Phi) is 6.93. The monoisotopic (exact) mass is 380 g/mol. The van der Waals surface area contributed by atoms with E-state index in [4.69, 9.17) is 4.74 Å². The number of hydrogen-bond acceptors (Lipinski definition) is 5. The molecule has 0 saturated carbocycles. The quantitative estimate of drug-likeness (QED) is 0.695. The molecule has 1 amide bonds. The normalized spacial score (nSPS) is 16.2. The minimum Gasteiger partial charge on any atom is -0.455 e. The fourth-order valence-electron chi connectivity index (χ4n) is 2.40. The van der Waals surface area contributed by atoms with Crippen molar-refractivity contribution in [3.8, 4) is 0 Å². The zero-order chi connectivity index (χ0) is 19.2. The van der Waals surface area contributed by atoms with Gasteiger partial charge in [0.1, 0.15) is 0 Å². The van der Waals surface area contributed by atoms with E-state index in [0.717, 1.165) is 5.56 Å². The Labute approximate surface area is 154 Å². The third kappa shape index (κ3) is 5.67. The van der Waals surface area contributed by atoms with Crippen LogP contribution in [0.3, 0.4) is 0 Å². The van der Waals surface area contributed by atoms with Gasteiger partial charge in [0.2, 0.25) is 10.0 Å². The third-order valence-corrected chi connectivity index (χ3v) is 5.56. The van der Waals surface area contributed by atoms with Gasteiger partial charge < -0.3 is 9.64 Å². The van der Waals surface area contributed by atoms with Gasteiger partial charge in [0, 0.05) is 31.6 Å². The number of ether oxygens (including phenoxy) is 1. The van der Waals surface area contributed by atoms with Crippen LogP contribution in [0.5, 0.6) is 0 Å². The zero-order valence-electron chi connectivity index (χ0n) is 15.0. The van der Waals surface area contributed by atoms with E-state index in [1.54, 1.807) is 19.9 Å². The van der Waals surface area contributed by atoms with Gasteiger partial charge in [-0.2, -0.15) is 4.31 Å². The molecule has 0 unspecified atom stereocenters. The van der Waals surface area contributed by atoms with Crippen molar-refractivity contribution < 1.29 is 22.7 Å². The van der Waals surface area contributed by atoms with E-state index in [0.29, 0.717) is 0 Å². The molecule has 0 N–H and O–H groups in total. The number of amides is 1. The minimum atomic E-state index is -3.54. The second-order valence-electron chi connectivity index (χ2n) is 6.30. The summed E-state index contributed by atoms with van der Waals surface area (Å²) in [6.07, 6.45) is 1.55. The second-order valence-corrected chi connectivity index (χ2v) is 8.12. The van der Waals surface area contributed by atoms with Gasteiger partial charge >= 0.3 is 5.97 Å². The molecule has 0 aromatic heterocycles. The van der Waals surface area contributed by atoms with Crippen molar-refractivity contribution >= 4 is 28.0 Å². The molecule has 1 saturated heterocycles. The van der Waals surface area contributed by atoms with Crippen LogP contribution in [-0.2, 0) is 24.3 Å². The van der Waals surface area contributed by atoms with Gasteiger partial charge in [-0.05, 0) is 11.6 Å². The van der Waals surface area contributed by atoms with Crippen molar-refractivity contribution in [2.45, 2.75) is 13.8 Å². The van der Waals surface area contributed by atoms with Crippen LogP contribution in [0.2, 0.25) is 0 Å². The largest absolute Gasteiger partial charge is 0.455 e. The summed E-state index contributed by atoms with van der Waals surface area (Å²) in [4.78, 5) is 25.0. The number of esters is 1. The van der Waals surface area contributed by atoms with Crippen LogP contribution in [0.4, 0.5) is 0 Å². The molecule has 0 aliphatic carbocycles. The highest BCUT2D eigenvalue weighted by atomic mass is 32.2. The van der Waals surface area contributed by atoms with Gasteiger partial charge in [0.25, 0.3) is 5.91 Å². The van der Waals surface area contributed by atoms with Gasteiger partial charge in [0.15, 0.2) is 6.61 Å². The summed E-state index contributed by atoms with van der Waals surface area (Å²) in [5.41, 5.74) is 0.803. The number of carbonyl (C=O) groups is 2. The fourth-order valence-corrected chi connectivity index (χ4v) is 3.57. The lowest BCUT2D eigenvalue weighted by Gasteiger charge is -2.33. The van der Waals surface area contributed by atoms with Crippen molar-refractivity contribution in [3.05, 3.63) is 41.3 Å². The molecule has 8 heteroatoms. The SMILES string of the molecule is CC(C)C(=O)OCC(=O)N1CCN(S(=O)(=O)/C=C/c2ccccc2)CC1. The van der Waals surface area contributed by atoms with Crippen molar-refractivity contribution in [1.29, 1.82) is 0 Å². The minimum absolute atomic E-state index is 0.214. The Morgan fingerprint density at radius 1 is 1.12 bits per heavy atom. The van der Waals surface area contributed by atoms with E-state index in [1.165, 1.54) is 14.6 Å². The Balaban J connectivity index is 1.86. The van der Waals surface area contributed by atoms with Crippen LogP contribution >= 0.6 is 0 Å². The van der Waals surface area contributed by atoms with E-state index in [1.807, 2.05) is 30.3 Å². The van der Waals surface area contributed by atoms with Gasteiger partial charge in [0.05, 0.1) is 5.92 Å². The Morgan fingerprint density at radius 2 is 1.73 bits per heavy atom. The second kappa shape index (κ2) is 8.95. The number of nitrogens with zero attached hydrogens (tertiary/aromatic N) is 2. The Bertz CT molecular complexity index is 751. The Morgan fingerprint density at radius 3 is 2.31 bits per heavy atom. The van der Waals surface area contributed by atoms with Gasteiger partial charge in [-0.1, -0.05) is 44.2 Å². The maximum atomic E-state index is 12.4. The summed E-state index contributed by atoms with van der Waals surface area (Å²) in [7, 11) is -3.54. The first-order valence-electron chi connectivity index (χ1n) is 8.47. The summed E-state index contributed by atoms with van der Waals surface area (Å²) < 4.78 is 31.1. The average Bonchev–Trinajstić information content (AvgIpc) is 2.65. The number of sulfonamides is 1. The van der Waals surface area contributed by atoms with Crippen molar-refractivity contribution in [1.82, 2.24) is 9.21 Å². The molecule has 1 aromatic carbocycles. The zero-order valence-corrected chi connectivity index (χ0v) is 15.8. The molecule has 2 rings (SSSR count). The van der Waals surface area contributed by atoms with E-state index >= 15 is 0 Å². The highest BCUT2D eigenvalue weighted by Gasteiger charge is 2.27. The number of piperazine rings is 1. The van der Waals surface area contributed by atoms with Crippen molar-refractivity contribution in [2.75, 3.05) is 32.8 Å². The summed E-state index contributed by atoms with van der Waals surface area (Å²) in [5, 5.41) is 1.18. The number of hydrogen-bond donors (Lipinski definition) is 0. The lowest BCUT2D eigenvalue weighted by molar-refractivity contribution is -0.155.